The number of benzene rings is 3. The minimum atomic E-state index is -1.43. The number of halogens is 2. The Morgan fingerprint density at radius 1 is 1.18 bits per heavy atom. The minimum Gasteiger partial charge on any atom is -0.490 e. The van der Waals surface area contributed by atoms with Crippen molar-refractivity contribution in [3.63, 3.8) is 0 Å². The zero-order valence-corrected chi connectivity index (χ0v) is 22.0. The number of anilines is 1. The molecule has 0 aliphatic carbocycles. The molecule has 2 saturated heterocycles. The second-order valence-corrected chi connectivity index (χ2v) is 10.5. The lowest BCUT2D eigenvalue weighted by Gasteiger charge is -2.32. The van der Waals surface area contributed by atoms with E-state index in [9.17, 15) is 19.3 Å². The van der Waals surface area contributed by atoms with E-state index in [0.29, 0.717) is 47.7 Å². The zero-order chi connectivity index (χ0) is 27.3. The quantitative estimate of drug-likeness (QED) is 0.307. The highest BCUT2D eigenvalue weighted by Crippen LogP contribution is 2.58. The molecule has 3 aromatic carbocycles. The van der Waals surface area contributed by atoms with Gasteiger partial charge in [0.15, 0.2) is 17.0 Å². The molecule has 1 amide bonds. The number of hydrogen-bond acceptors (Lipinski definition) is 6. The maximum atomic E-state index is 14.2. The van der Waals surface area contributed by atoms with Crippen LogP contribution in [0.4, 0.5) is 10.1 Å². The van der Waals surface area contributed by atoms with Crippen LogP contribution in [0.15, 0.2) is 60.7 Å². The first kappa shape index (κ1) is 25.6. The molecule has 6 rings (SSSR count). The topological polar surface area (TPSA) is 93.9 Å². The van der Waals surface area contributed by atoms with Crippen LogP contribution < -0.4 is 14.8 Å². The van der Waals surface area contributed by atoms with Gasteiger partial charge in [-0.15, -0.1) is 0 Å². The largest absolute Gasteiger partial charge is 0.490 e. The Bertz CT molecular complexity index is 1470. The van der Waals surface area contributed by atoms with Crippen LogP contribution in [0.2, 0.25) is 5.02 Å². The summed E-state index contributed by atoms with van der Waals surface area (Å²) in [6.07, 6.45) is 1.53. The van der Waals surface area contributed by atoms with E-state index in [1.807, 2.05) is 17.9 Å². The van der Waals surface area contributed by atoms with Gasteiger partial charge in [0.25, 0.3) is 11.9 Å². The van der Waals surface area contributed by atoms with E-state index in [4.69, 9.17) is 21.1 Å². The van der Waals surface area contributed by atoms with Crippen LogP contribution in [0.25, 0.3) is 0 Å². The third-order valence-electron chi connectivity index (χ3n) is 8.14. The van der Waals surface area contributed by atoms with Crippen molar-refractivity contribution in [2.24, 2.45) is 0 Å². The summed E-state index contributed by atoms with van der Waals surface area (Å²) in [5.74, 6) is -0.842. The van der Waals surface area contributed by atoms with Gasteiger partial charge in [0, 0.05) is 34.3 Å². The number of amides is 1. The highest BCUT2D eigenvalue weighted by molar-refractivity contribution is 6.32. The summed E-state index contributed by atoms with van der Waals surface area (Å²) in [5, 5.41) is 16.0. The lowest BCUT2D eigenvalue weighted by molar-refractivity contribution is -0.534. The minimum absolute atomic E-state index is 0.0662. The summed E-state index contributed by atoms with van der Waals surface area (Å²) in [6, 6.07) is 15.4. The van der Waals surface area contributed by atoms with Crippen molar-refractivity contribution in [3.05, 3.63) is 98.3 Å². The third-order valence-corrected chi connectivity index (χ3v) is 8.42. The summed E-state index contributed by atoms with van der Waals surface area (Å²) in [4.78, 5) is 28.2. The van der Waals surface area contributed by atoms with Crippen LogP contribution in [0.5, 0.6) is 11.5 Å². The van der Waals surface area contributed by atoms with Gasteiger partial charge in [-0.25, -0.2) is 4.39 Å². The molecule has 2 fully saturated rings. The van der Waals surface area contributed by atoms with E-state index in [1.165, 1.54) is 6.07 Å². The molecule has 3 heterocycles. The molecule has 3 aromatic rings. The van der Waals surface area contributed by atoms with Crippen molar-refractivity contribution in [2.75, 3.05) is 18.5 Å². The van der Waals surface area contributed by atoms with Crippen LogP contribution in [0.3, 0.4) is 0 Å². The van der Waals surface area contributed by atoms with E-state index in [0.717, 1.165) is 6.42 Å². The van der Waals surface area contributed by atoms with Gasteiger partial charge in [-0.3, -0.25) is 19.8 Å². The molecule has 0 bridgehead atoms. The number of rotatable bonds is 7. The Kier molecular flexibility index (Phi) is 6.43. The molecule has 1 spiro atoms. The average molecular weight is 552 g/mol. The molecular formula is C29H27ClFN3O5. The second kappa shape index (κ2) is 9.81. The SMILES string of the molecule is CCOc1cc([C@H]2[C@H]([N+](=O)[O-])[C@]3(C(=O)Nc4ccccc43)N3CCC[C@@H]23)cc(Cl)c1OCc1ccccc1F. The standard InChI is InChI=1S/C29H27ClFN3O5/c1-2-38-24-15-18(14-20(30)26(24)39-16-17-8-3-5-10-21(17)31)25-23-12-7-13-33(23)29(27(25)34(36)37)19-9-4-6-11-22(19)32-28(29)35/h3-6,8-11,14-15,23,25,27H,2,7,12-13,16H2,1H3,(H,32,35)/t23-,25+,27-,29+/m0/s1. The second-order valence-electron chi connectivity index (χ2n) is 10.1. The molecule has 3 aliphatic heterocycles. The lowest BCUT2D eigenvalue weighted by atomic mass is 9.77. The first-order valence-corrected chi connectivity index (χ1v) is 13.4. The van der Waals surface area contributed by atoms with Gasteiger partial charge >= 0.3 is 0 Å². The molecule has 202 valence electrons. The Hall–Kier alpha value is -3.69. The summed E-state index contributed by atoms with van der Waals surface area (Å²) in [5.41, 5.74) is 0.773. The normalized spacial score (nSPS) is 25.4. The van der Waals surface area contributed by atoms with E-state index < -0.39 is 23.3 Å². The van der Waals surface area contributed by atoms with Crippen molar-refractivity contribution in [1.29, 1.82) is 0 Å². The molecule has 8 nitrogen and oxygen atoms in total. The van der Waals surface area contributed by atoms with Crippen molar-refractivity contribution in [2.45, 2.75) is 49.9 Å². The Balaban J connectivity index is 1.45. The van der Waals surface area contributed by atoms with Gasteiger partial charge in [-0.2, -0.15) is 0 Å². The van der Waals surface area contributed by atoms with Crippen LogP contribution >= 0.6 is 11.6 Å². The lowest BCUT2D eigenvalue weighted by Crippen LogP contribution is -2.55. The number of nitrogens with zero attached hydrogens (tertiary/aromatic N) is 2. The number of carbonyl (C=O) groups is 1. The monoisotopic (exact) mass is 551 g/mol. The third kappa shape index (κ3) is 3.86. The Morgan fingerprint density at radius 3 is 2.72 bits per heavy atom. The number of hydrogen-bond donors (Lipinski definition) is 1. The van der Waals surface area contributed by atoms with Crippen molar-refractivity contribution >= 4 is 23.2 Å². The fraction of sp³-hybridized carbons (Fsp3) is 0.345. The summed E-state index contributed by atoms with van der Waals surface area (Å²) in [7, 11) is 0. The van der Waals surface area contributed by atoms with Crippen molar-refractivity contribution in [3.8, 4) is 11.5 Å². The highest BCUT2D eigenvalue weighted by Gasteiger charge is 2.73. The van der Waals surface area contributed by atoms with Crippen LogP contribution in [-0.2, 0) is 16.9 Å². The van der Waals surface area contributed by atoms with Gasteiger partial charge in [-0.05, 0) is 49.6 Å². The Labute approximate surface area is 229 Å². The first-order valence-electron chi connectivity index (χ1n) is 13.0. The predicted molar refractivity (Wildman–Crippen MR) is 143 cm³/mol. The molecule has 1 N–H and O–H groups in total. The Morgan fingerprint density at radius 2 is 1.95 bits per heavy atom. The predicted octanol–water partition coefficient (Wildman–Crippen LogP) is 5.51. The maximum Gasteiger partial charge on any atom is 0.256 e. The van der Waals surface area contributed by atoms with E-state index in [2.05, 4.69) is 5.32 Å². The fourth-order valence-electron chi connectivity index (χ4n) is 6.72. The number of nitro groups is 1. The molecular weight excluding hydrogens is 525 g/mol. The summed E-state index contributed by atoms with van der Waals surface area (Å²) < 4.78 is 26.0. The van der Waals surface area contributed by atoms with E-state index in [-0.39, 0.29) is 34.3 Å². The van der Waals surface area contributed by atoms with Gasteiger partial charge in [0.05, 0.1) is 17.5 Å². The van der Waals surface area contributed by atoms with E-state index in [1.54, 1.807) is 48.5 Å². The number of fused-ring (bicyclic) bond motifs is 4. The first-order chi connectivity index (χ1) is 18.9. The summed E-state index contributed by atoms with van der Waals surface area (Å²) in [6.45, 7) is 2.62. The van der Waals surface area contributed by atoms with E-state index >= 15 is 0 Å². The van der Waals surface area contributed by atoms with Gasteiger partial charge in [0.2, 0.25) is 0 Å². The van der Waals surface area contributed by atoms with Crippen molar-refractivity contribution < 1.29 is 23.6 Å². The van der Waals surface area contributed by atoms with Crippen LogP contribution in [-0.4, -0.2) is 41.0 Å². The fourth-order valence-corrected chi connectivity index (χ4v) is 7.00. The van der Waals surface area contributed by atoms with Gasteiger partial charge in [0.1, 0.15) is 12.4 Å². The number of carbonyl (C=O) groups excluding carboxylic acids is 1. The summed E-state index contributed by atoms with van der Waals surface area (Å²) >= 11 is 6.72. The number of ether oxygens (including phenoxy) is 2. The average Bonchev–Trinajstić information content (AvgIpc) is 3.57. The zero-order valence-electron chi connectivity index (χ0n) is 21.2. The van der Waals surface area contributed by atoms with Crippen LogP contribution in [0.1, 0.15) is 42.4 Å². The molecule has 3 aliphatic rings. The smallest absolute Gasteiger partial charge is 0.256 e. The molecule has 0 aromatic heterocycles. The van der Waals surface area contributed by atoms with Crippen molar-refractivity contribution in [1.82, 2.24) is 4.90 Å². The van der Waals surface area contributed by atoms with Gasteiger partial charge < -0.3 is 14.8 Å². The molecule has 0 unspecified atom stereocenters. The molecule has 4 atom stereocenters. The van der Waals surface area contributed by atoms with Gasteiger partial charge in [-0.1, -0.05) is 48.0 Å². The number of nitrogens with one attached hydrogen (secondary N) is 1. The highest BCUT2D eigenvalue weighted by atomic mass is 35.5. The maximum absolute atomic E-state index is 14.2. The van der Waals surface area contributed by atoms with Crippen LogP contribution in [0, 0.1) is 15.9 Å². The molecule has 0 saturated carbocycles. The number of para-hydroxylation sites is 1. The molecule has 0 radical (unpaired) electrons. The molecule has 10 heteroatoms. The molecule has 39 heavy (non-hydrogen) atoms.